The zero-order valence-corrected chi connectivity index (χ0v) is 17.1. The van der Waals surface area contributed by atoms with Crippen molar-refractivity contribution < 1.29 is 9.53 Å². The number of rotatable bonds is 7. The lowest BCUT2D eigenvalue weighted by Gasteiger charge is -2.18. The summed E-state index contributed by atoms with van der Waals surface area (Å²) in [5.41, 5.74) is 2.14. The first kappa shape index (κ1) is 19.1. The first-order valence-electron chi connectivity index (χ1n) is 9.45. The van der Waals surface area contributed by atoms with Gasteiger partial charge < -0.3 is 4.74 Å². The van der Waals surface area contributed by atoms with Crippen molar-refractivity contribution in [3.8, 4) is 5.75 Å². The van der Waals surface area contributed by atoms with E-state index in [1.54, 1.807) is 28.0 Å². The molecule has 4 rings (SSSR count). The van der Waals surface area contributed by atoms with E-state index < -0.39 is 0 Å². The van der Waals surface area contributed by atoms with Crippen molar-refractivity contribution in [1.29, 1.82) is 0 Å². The molecule has 7 nitrogen and oxygen atoms in total. The van der Waals surface area contributed by atoms with Crippen LogP contribution >= 0.6 is 11.3 Å². The van der Waals surface area contributed by atoms with Gasteiger partial charge >= 0.3 is 0 Å². The van der Waals surface area contributed by atoms with E-state index in [2.05, 4.69) is 10.1 Å². The lowest BCUT2D eigenvalue weighted by Crippen LogP contribution is -2.30. The number of thiazole rings is 1. The maximum atomic E-state index is 13.3. The second-order valence-electron chi connectivity index (χ2n) is 6.37. The lowest BCUT2D eigenvalue weighted by atomic mass is 10.2. The van der Waals surface area contributed by atoms with E-state index in [-0.39, 0.29) is 5.91 Å². The molecule has 0 radical (unpaired) electrons. The maximum Gasteiger partial charge on any atom is 0.280 e. The number of pyridine rings is 1. The van der Waals surface area contributed by atoms with Crippen molar-refractivity contribution in [2.45, 2.75) is 26.9 Å². The number of ether oxygens (including phenoxy) is 1. The number of hydrogen-bond donors (Lipinski definition) is 0. The lowest BCUT2D eigenvalue weighted by molar-refractivity contribution is 0.0979. The van der Waals surface area contributed by atoms with Gasteiger partial charge in [0.15, 0.2) is 10.8 Å². The van der Waals surface area contributed by atoms with Crippen LogP contribution in [0.5, 0.6) is 5.75 Å². The Hall–Kier alpha value is -3.26. The Morgan fingerprint density at radius 1 is 1.24 bits per heavy atom. The largest absolute Gasteiger partial charge is 0.494 e. The second kappa shape index (κ2) is 8.40. The number of fused-ring (bicyclic) bond motifs is 1. The summed E-state index contributed by atoms with van der Waals surface area (Å²) >= 11 is 1.46. The zero-order valence-electron chi connectivity index (χ0n) is 16.3. The first-order valence-corrected chi connectivity index (χ1v) is 10.3. The molecule has 1 amide bonds. The van der Waals surface area contributed by atoms with Crippen LogP contribution in [0.2, 0.25) is 0 Å². The van der Waals surface area contributed by atoms with Gasteiger partial charge in [-0.05, 0) is 49.7 Å². The predicted molar refractivity (Wildman–Crippen MR) is 113 cm³/mol. The summed E-state index contributed by atoms with van der Waals surface area (Å²) < 4.78 is 8.29. The summed E-state index contributed by atoms with van der Waals surface area (Å²) in [5, 5.41) is 4.99. The molecule has 0 spiro atoms. The number of aryl methyl sites for hydroxylation is 1. The van der Waals surface area contributed by atoms with Crippen LogP contribution < -0.4 is 9.64 Å². The molecule has 3 heterocycles. The number of hydrogen-bond acceptors (Lipinski definition) is 6. The van der Waals surface area contributed by atoms with Gasteiger partial charge in [0.25, 0.3) is 5.91 Å². The van der Waals surface area contributed by atoms with Gasteiger partial charge in [-0.2, -0.15) is 5.10 Å². The predicted octanol–water partition coefficient (Wildman–Crippen LogP) is 4.15. The van der Waals surface area contributed by atoms with E-state index in [0.717, 1.165) is 21.5 Å². The smallest absolute Gasteiger partial charge is 0.280 e. The minimum Gasteiger partial charge on any atom is -0.494 e. The monoisotopic (exact) mass is 407 g/mol. The summed E-state index contributed by atoms with van der Waals surface area (Å²) in [6, 6.07) is 11.3. The summed E-state index contributed by atoms with van der Waals surface area (Å²) in [7, 11) is 0. The topological polar surface area (TPSA) is 73.1 Å². The molecule has 8 heteroatoms. The number of carbonyl (C=O) groups excluding carboxylic acids is 1. The van der Waals surface area contributed by atoms with E-state index in [9.17, 15) is 4.79 Å². The Balaban J connectivity index is 1.72. The van der Waals surface area contributed by atoms with Crippen LogP contribution in [-0.2, 0) is 13.1 Å². The fourth-order valence-corrected chi connectivity index (χ4v) is 3.95. The van der Waals surface area contributed by atoms with E-state index in [0.29, 0.717) is 30.5 Å². The van der Waals surface area contributed by atoms with Crippen LogP contribution in [-0.4, -0.2) is 32.3 Å². The third kappa shape index (κ3) is 4.12. The van der Waals surface area contributed by atoms with E-state index in [1.807, 2.05) is 50.4 Å². The second-order valence-corrected chi connectivity index (χ2v) is 7.38. The summed E-state index contributed by atoms with van der Waals surface area (Å²) in [6.07, 6.45) is 5.28. The van der Waals surface area contributed by atoms with Crippen LogP contribution in [0.1, 0.15) is 29.9 Å². The van der Waals surface area contributed by atoms with Crippen LogP contribution in [0.15, 0.2) is 55.0 Å². The van der Waals surface area contributed by atoms with Gasteiger partial charge in [0.2, 0.25) is 0 Å². The van der Waals surface area contributed by atoms with Crippen molar-refractivity contribution in [1.82, 2.24) is 19.7 Å². The van der Waals surface area contributed by atoms with Crippen LogP contribution in [0.25, 0.3) is 10.2 Å². The third-order valence-corrected chi connectivity index (χ3v) is 5.42. The Kier molecular flexibility index (Phi) is 5.53. The zero-order chi connectivity index (χ0) is 20.2. The SMILES string of the molecule is CCOc1ccc2nc(N(Cc3cccnc3)C(=O)c3ccn(CC)n3)sc2c1. The number of aromatic nitrogens is 4. The summed E-state index contributed by atoms with van der Waals surface area (Å²) in [5.74, 6) is 0.604. The quantitative estimate of drug-likeness (QED) is 0.460. The third-order valence-electron chi connectivity index (χ3n) is 4.38. The Labute approximate surface area is 172 Å². The maximum absolute atomic E-state index is 13.3. The highest BCUT2D eigenvalue weighted by atomic mass is 32.1. The van der Waals surface area contributed by atoms with Crippen molar-refractivity contribution in [2.75, 3.05) is 11.5 Å². The normalized spacial score (nSPS) is 11.0. The average molecular weight is 407 g/mol. The molecule has 4 aromatic rings. The number of amides is 1. The molecule has 0 aliphatic rings. The van der Waals surface area contributed by atoms with Crippen LogP contribution in [0, 0.1) is 0 Å². The fourth-order valence-electron chi connectivity index (χ4n) is 2.96. The van der Waals surface area contributed by atoms with Crippen molar-refractivity contribution in [3.63, 3.8) is 0 Å². The fraction of sp³-hybridized carbons (Fsp3) is 0.238. The molecule has 29 heavy (non-hydrogen) atoms. The Bertz CT molecular complexity index is 1120. The summed E-state index contributed by atoms with van der Waals surface area (Å²) in [4.78, 5) is 23.8. The molecule has 1 aromatic carbocycles. The Morgan fingerprint density at radius 2 is 2.14 bits per heavy atom. The molecule has 0 N–H and O–H groups in total. The molecule has 0 fully saturated rings. The van der Waals surface area contributed by atoms with E-state index >= 15 is 0 Å². The first-order chi connectivity index (χ1) is 14.2. The molecule has 0 unspecified atom stereocenters. The van der Waals surface area contributed by atoms with Gasteiger partial charge in [0, 0.05) is 25.1 Å². The molecule has 0 saturated heterocycles. The molecule has 0 bridgehead atoms. The minimum absolute atomic E-state index is 0.190. The van der Waals surface area contributed by atoms with Gasteiger partial charge in [0.05, 0.1) is 23.4 Å². The Morgan fingerprint density at radius 3 is 2.86 bits per heavy atom. The van der Waals surface area contributed by atoms with Gasteiger partial charge in [-0.25, -0.2) is 4.98 Å². The molecular weight excluding hydrogens is 386 g/mol. The molecule has 0 saturated carbocycles. The molecule has 3 aromatic heterocycles. The molecular formula is C21H21N5O2S. The molecule has 0 aliphatic carbocycles. The highest BCUT2D eigenvalue weighted by molar-refractivity contribution is 7.22. The number of carbonyl (C=O) groups is 1. The molecule has 0 atom stereocenters. The van der Waals surface area contributed by atoms with Gasteiger partial charge in [-0.15, -0.1) is 0 Å². The minimum atomic E-state index is -0.190. The summed E-state index contributed by atoms with van der Waals surface area (Å²) in [6.45, 7) is 5.61. The standard InChI is InChI=1S/C21H21N5O2S/c1-3-25-11-9-18(24-25)20(27)26(14-15-6-5-10-22-13-15)21-23-17-8-7-16(28-4-2)12-19(17)29-21/h5-13H,3-4,14H2,1-2H3. The number of nitrogens with zero attached hydrogens (tertiary/aromatic N) is 5. The van der Waals surface area contributed by atoms with Gasteiger partial charge in [-0.3, -0.25) is 19.4 Å². The van der Waals surface area contributed by atoms with E-state index in [4.69, 9.17) is 9.72 Å². The number of benzene rings is 1. The van der Waals surface area contributed by atoms with Crippen LogP contribution in [0.3, 0.4) is 0 Å². The van der Waals surface area contributed by atoms with Crippen molar-refractivity contribution in [2.24, 2.45) is 0 Å². The highest BCUT2D eigenvalue weighted by Crippen LogP contribution is 2.33. The van der Waals surface area contributed by atoms with Gasteiger partial charge in [0.1, 0.15) is 5.75 Å². The van der Waals surface area contributed by atoms with Crippen LogP contribution in [0.4, 0.5) is 5.13 Å². The van der Waals surface area contributed by atoms with Gasteiger partial charge in [-0.1, -0.05) is 17.4 Å². The molecule has 0 aliphatic heterocycles. The average Bonchev–Trinajstić information content (AvgIpc) is 3.39. The highest BCUT2D eigenvalue weighted by Gasteiger charge is 2.24. The van der Waals surface area contributed by atoms with Crippen molar-refractivity contribution in [3.05, 3.63) is 66.2 Å². The number of anilines is 1. The van der Waals surface area contributed by atoms with E-state index in [1.165, 1.54) is 11.3 Å². The molecule has 148 valence electrons. The van der Waals surface area contributed by atoms with Crippen molar-refractivity contribution >= 4 is 32.6 Å².